The molecule has 5 nitrogen and oxygen atoms in total. The average Bonchev–Trinajstić information content (AvgIpc) is 2.72. The van der Waals surface area contributed by atoms with Crippen molar-refractivity contribution in [3.8, 4) is 5.75 Å². The summed E-state index contributed by atoms with van der Waals surface area (Å²) in [5.41, 5.74) is 2.50. The molecule has 174 valence electrons. The molecule has 0 aliphatic heterocycles. The van der Waals surface area contributed by atoms with Gasteiger partial charge in [-0.1, -0.05) is 47.8 Å². The van der Waals surface area contributed by atoms with E-state index >= 15 is 0 Å². The van der Waals surface area contributed by atoms with Gasteiger partial charge in [-0.3, -0.25) is 9.59 Å². The molecular formula is C24H29Cl3N2O3. The highest BCUT2D eigenvalue weighted by atomic mass is 35.5. The Morgan fingerprint density at radius 2 is 1.66 bits per heavy atom. The third-order valence-electron chi connectivity index (χ3n) is 4.93. The smallest absolute Gasteiger partial charge is 0.261 e. The Balaban J connectivity index is 2.27. The number of hydrogen-bond donors (Lipinski definition) is 1. The number of nitrogens with one attached hydrogen (secondary N) is 1. The molecule has 0 bridgehead atoms. The van der Waals surface area contributed by atoms with E-state index < -0.39 is 6.04 Å². The summed E-state index contributed by atoms with van der Waals surface area (Å²) >= 11 is 18.4. The highest BCUT2D eigenvalue weighted by Crippen LogP contribution is 2.27. The molecule has 0 aliphatic rings. The van der Waals surface area contributed by atoms with Gasteiger partial charge in [0, 0.05) is 17.6 Å². The molecular weight excluding hydrogens is 471 g/mol. The fraction of sp³-hybridized carbons (Fsp3) is 0.417. The van der Waals surface area contributed by atoms with Crippen LogP contribution in [-0.4, -0.2) is 35.4 Å². The zero-order valence-corrected chi connectivity index (χ0v) is 21.2. The predicted molar refractivity (Wildman–Crippen MR) is 131 cm³/mol. The minimum Gasteiger partial charge on any atom is -0.484 e. The number of ether oxygens (including phenoxy) is 1. The van der Waals surface area contributed by atoms with E-state index in [1.54, 1.807) is 30.3 Å². The lowest BCUT2D eigenvalue weighted by molar-refractivity contribution is -0.143. The van der Waals surface area contributed by atoms with Crippen LogP contribution in [0.3, 0.4) is 0 Å². The van der Waals surface area contributed by atoms with Crippen LogP contribution in [0, 0.1) is 13.8 Å². The molecule has 1 N–H and O–H groups in total. The normalized spacial score (nSPS) is 11.9. The highest BCUT2D eigenvalue weighted by Gasteiger charge is 2.29. The zero-order chi connectivity index (χ0) is 24.0. The molecule has 0 aliphatic carbocycles. The van der Waals surface area contributed by atoms with Crippen molar-refractivity contribution in [3.05, 3.63) is 62.1 Å². The lowest BCUT2D eigenvalue weighted by Gasteiger charge is -2.31. The lowest BCUT2D eigenvalue weighted by Crippen LogP contribution is -2.51. The molecule has 2 rings (SSSR count). The molecule has 1 unspecified atom stereocenters. The molecule has 0 heterocycles. The number of carbonyl (C=O) groups is 2. The summed E-state index contributed by atoms with van der Waals surface area (Å²) in [5.74, 6) is 0.0214. The van der Waals surface area contributed by atoms with Crippen LogP contribution in [-0.2, 0) is 16.1 Å². The van der Waals surface area contributed by atoms with Crippen LogP contribution in [0.5, 0.6) is 5.75 Å². The van der Waals surface area contributed by atoms with Crippen LogP contribution in [0.2, 0.25) is 15.1 Å². The molecule has 0 radical (unpaired) electrons. The average molecular weight is 500 g/mol. The minimum absolute atomic E-state index is 0.0465. The molecule has 2 aromatic rings. The second kappa shape index (κ2) is 11.8. The maximum absolute atomic E-state index is 13.2. The van der Waals surface area contributed by atoms with Crippen LogP contribution in [0.1, 0.15) is 43.9 Å². The van der Waals surface area contributed by atoms with Crippen LogP contribution in [0.15, 0.2) is 30.3 Å². The van der Waals surface area contributed by atoms with Gasteiger partial charge in [0.15, 0.2) is 6.61 Å². The van der Waals surface area contributed by atoms with E-state index in [0.717, 1.165) is 16.7 Å². The molecule has 0 saturated heterocycles. The molecule has 2 amide bonds. The van der Waals surface area contributed by atoms with Crippen molar-refractivity contribution in [1.29, 1.82) is 0 Å². The third-order valence-corrected chi connectivity index (χ3v) is 6.26. The summed E-state index contributed by atoms with van der Waals surface area (Å²) in [4.78, 5) is 27.6. The van der Waals surface area contributed by atoms with E-state index in [1.165, 1.54) is 4.90 Å². The molecule has 0 spiro atoms. The largest absolute Gasteiger partial charge is 0.484 e. The molecule has 1 atom stereocenters. The van der Waals surface area contributed by atoms with Crippen molar-refractivity contribution in [3.63, 3.8) is 0 Å². The summed E-state index contributed by atoms with van der Waals surface area (Å²) in [6.07, 6.45) is 0.449. The first-order chi connectivity index (χ1) is 15.0. The Hall–Kier alpha value is -1.95. The Bertz CT molecular complexity index is 956. The SMILES string of the molecule is CCC(C(=O)NC(C)C)N(Cc1ccc(Cl)c(Cl)c1)C(=O)COc1cc(C)c(Cl)c(C)c1. The van der Waals surface area contributed by atoms with Crippen LogP contribution in [0.25, 0.3) is 0 Å². The van der Waals surface area contributed by atoms with Crippen LogP contribution >= 0.6 is 34.8 Å². The number of benzene rings is 2. The van der Waals surface area contributed by atoms with E-state index in [4.69, 9.17) is 39.5 Å². The topological polar surface area (TPSA) is 58.6 Å². The molecule has 8 heteroatoms. The summed E-state index contributed by atoms with van der Waals surface area (Å²) in [6, 6.07) is 8.03. The summed E-state index contributed by atoms with van der Waals surface area (Å²) in [7, 11) is 0. The Morgan fingerprint density at radius 3 is 2.19 bits per heavy atom. The van der Waals surface area contributed by atoms with Gasteiger partial charge in [0.05, 0.1) is 10.0 Å². The maximum Gasteiger partial charge on any atom is 0.261 e. The number of aryl methyl sites for hydroxylation is 2. The summed E-state index contributed by atoms with van der Waals surface area (Å²) < 4.78 is 5.77. The number of amides is 2. The lowest BCUT2D eigenvalue weighted by atomic mass is 10.1. The van der Waals surface area contributed by atoms with Crippen LogP contribution in [0.4, 0.5) is 0 Å². The molecule has 0 fully saturated rings. The fourth-order valence-electron chi connectivity index (χ4n) is 3.35. The van der Waals surface area contributed by atoms with Crippen molar-refractivity contribution in [1.82, 2.24) is 10.2 Å². The highest BCUT2D eigenvalue weighted by molar-refractivity contribution is 6.42. The van der Waals surface area contributed by atoms with Crippen molar-refractivity contribution in [2.24, 2.45) is 0 Å². The Morgan fingerprint density at radius 1 is 1.03 bits per heavy atom. The first-order valence-corrected chi connectivity index (χ1v) is 11.6. The summed E-state index contributed by atoms with van der Waals surface area (Å²) in [6.45, 7) is 9.36. The van der Waals surface area contributed by atoms with Gasteiger partial charge in [-0.2, -0.15) is 0 Å². The maximum atomic E-state index is 13.2. The van der Waals surface area contributed by atoms with Crippen molar-refractivity contribution < 1.29 is 14.3 Å². The van der Waals surface area contributed by atoms with Gasteiger partial charge in [0.1, 0.15) is 11.8 Å². The van der Waals surface area contributed by atoms with E-state index in [0.29, 0.717) is 27.2 Å². The van der Waals surface area contributed by atoms with E-state index in [1.807, 2.05) is 34.6 Å². The number of nitrogens with zero attached hydrogens (tertiary/aromatic N) is 1. The fourth-order valence-corrected chi connectivity index (χ4v) is 3.78. The predicted octanol–water partition coefficient (Wildman–Crippen LogP) is 5.97. The van der Waals surface area contributed by atoms with Gasteiger partial charge in [-0.05, 0) is 75.1 Å². The van der Waals surface area contributed by atoms with E-state index in [-0.39, 0.29) is 31.0 Å². The first-order valence-electron chi connectivity index (χ1n) is 10.5. The van der Waals surface area contributed by atoms with Gasteiger partial charge >= 0.3 is 0 Å². The van der Waals surface area contributed by atoms with Gasteiger partial charge in [0.2, 0.25) is 5.91 Å². The Kier molecular flexibility index (Phi) is 9.68. The molecule has 0 saturated carbocycles. The number of rotatable bonds is 9. The van der Waals surface area contributed by atoms with Crippen LogP contribution < -0.4 is 10.1 Å². The van der Waals surface area contributed by atoms with Crippen molar-refractivity contribution in [2.75, 3.05) is 6.61 Å². The van der Waals surface area contributed by atoms with Gasteiger partial charge in [-0.25, -0.2) is 0 Å². The monoisotopic (exact) mass is 498 g/mol. The second-order valence-corrected chi connectivity index (χ2v) is 9.21. The Labute approximate surface area is 205 Å². The van der Waals surface area contributed by atoms with Crippen molar-refractivity contribution >= 4 is 46.6 Å². The number of halogens is 3. The van der Waals surface area contributed by atoms with E-state index in [2.05, 4.69) is 5.32 Å². The first kappa shape index (κ1) is 26.3. The van der Waals surface area contributed by atoms with Crippen molar-refractivity contribution in [2.45, 2.75) is 59.7 Å². The van der Waals surface area contributed by atoms with Gasteiger partial charge in [0.25, 0.3) is 5.91 Å². The molecule has 2 aromatic carbocycles. The standard InChI is InChI=1S/C24H29Cl3N2O3/c1-6-21(24(31)28-14(2)3)29(12-17-7-8-19(25)20(26)11-17)22(30)13-32-18-9-15(4)23(27)16(5)10-18/h7-11,14,21H,6,12-13H2,1-5H3,(H,28,31). The van der Waals surface area contributed by atoms with Gasteiger partial charge < -0.3 is 15.0 Å². The zero-order valence-electron chi connectivity index (χ0n) is 19.0. The number of hydrogen-bond acceptors (Lipinski definition) is 3. The quantitative estimate of drug-likeness (QED) is 0.462. The number of carbonyl (C=O) groups excluding carboxylic acids is 2. The third kappa shape index (κ3) is 7.03. The minimum atomic E-state index is -0.656. The van der Waals surface area contributed by atoms with E-state index in [9.17, 15) is 9.59 Å². The summed E-state index contributed by atoms with van der Waals surface area (Å²) in [5, 5.41) is 4.38. The molecule has 0 aromatic heterocycles. The van der Waals surface area contributed by atoms with Gasteiger partial charge in [-0.15, -0.1) is 0 Å². The molecule has 32 heavy (non-hydrogen) atoms. The second-order valence-electron chi connectivity index (χ2n) is 8.02.